The maximum absolute atomic E-state index is 5.49. The molecule has 0 aromatic heterocycles. The molecule has 3 heteroatoms. The van der Waals surface area contributed by atoms with Crippen molar-refractivity contribution in [2.45, 2.75) is 18.3 Å². The summed E-state index contributed by atoms with van der Waals surface area (Å²) in [7, 11) is 0. The molecule has 1 heterocycles. The van der Waals surface area contributed by atoms with Crippen LogP contribution in [0.1, 0.15) is 13.3 Å². The maximum Gasteiger partial charge on any atom is 0.111 e. The highest BCUT2D eigenvalue weighted by Gasteiger charge is 2.29. The molecule has 0 aromatic rings. The maximum atomic E-state index is 5.49. The van der Waals surface area contributed by atoms with Crippen LogP contribution < -0.4 is 0 Å². The zero-order chi connectivity index (χ0) is 6.74. The van der Waals surface area contributed by atoms with Gasteiger partial charge in [-0.25, -0.2) is 0 Å². The van der Waals surface area contributed by atoms with Crippen LogP contribution in [-0.4, -0.2) is 23.0 Å². The Bertz CT molecular complexity index is 89.1. The summed E-state index contributed by atoms with van der Waals surface area (Å²) in [6.07, 6.45) is 1.06. The van der Waals surface area contributed by atoms with Gasteiger partial charge in [-0.05, 0) is 19.1 Å². The zero-order valence-corrected chi connectivity index (χ0v) is 7.30. The lowest BCUT2D eigenvalue weighted by Crippen LogP contribution is -2.19. The lowest BCUT2D eigenvalue weighted by Gasteiger charge is -2.20. The Morgan fingerprint density at radius 2 is 2.56 bits per heavy atom. The topological polar surface area (TPSA) is 9.23 Å². The molecule has 1 saturated heterocycles. The van der Waals surface area contributed by atoms with Gasteiger partial charge in [0.25, 0.3) is 0 Å². The molecule has 1 fully saturated rings. The molecule has 1 nitrogen and oxygen atoms in total. The molecule has 54 valence electrons. The predicted molar refractivity (Wildman–Crippen MR) is 45.3 cm³/mol. The van der Waals surface area contributed by atoms with Gasteiger partial charge in [0.1, 0.15) is 4.93 Å². The van der Waals surface area contributed by atoms with Gasteiger partial charge in [-0.2, -0.15) is 12.6 Å². The van der Waals surface area contributed by atoms with Crippen molar-refractivity contribution in [3.8, 4) is 0 Å². The fourth-order valence-electron chi connectivity index (χ4n) is 0.904. The molecule has 0 amide bonds. The van der Waals surface area contributed by atoms with Crippen LogP contribution in [0.2, 0.25) is 0 Å². The van der Waals surface area contributed by atoms with Gasteiger partial charge in [0.15, 0.2) is 0 Å². The normalized spacial score (nSPS) is 35.3. The molecule has 0 saturated carbocycles. The lowest BCUT2D eigenvalue weighted by molar-refractivity contribution is 0.0643. The van der Waals surface area contributed by atoms with Crippen LogP contribution in [0.25, 0.3) is 0 Å². The second-order valence-corrected chi connectivity index (χ2v) is 4.31. The second kappa shape index (κ2) is 3.17. The van der Waals surface area contributed by atoms with Gasteiger partial charge in [-0.1, -0.05) is 0 Å². The van der Waals surface area contributed by atoms with Gasteiger partial charge in [0.05, 0.1) is 6.61 Å². The molecule has 0 aromatic carbocycles. The van der Waals surface area contributed by atoms with Crippen molar-refractivity contribution in [3.63, 3.8) is 0 Å². The van der Waals surface area contributed by atoms with E-state index in [1.54, 1.807) is 0 Å². The van der Waals surface area contributed by atoms with Gasteiger partial charge in [-0.15, -0.1) is 11.8 Å². The van der Waals surface area contributed by atoms with Crippen LogP contribution in [0.15, 0.2) is 0 Å². The number of thiol groups is 1. The summed E-state index contributed by atoms with van der Waals surface area (Å²) in [5.41, 5.74) is 0. The van der Waals surface area contributed by atoms with Crippen molar-refractivity contribution >= 4 is 24.4 Å². The molecule has 9 heavy (non-hydrogen) atoms. The molecule has 0 aliphatic carbocycles. The average molecular weight is 164 g/mol. The van der Waals surface area contributed by atoms with Gasteiger partial charge >= 0.3 is 0 Å². The van der Waals surface area contributed by atoms with E-state index in [-0.39, 0.29) is 4.93 Å². The molecule has 1 aliphatic rings. The third kappa shape index (κ3) is 2.06. The molecule has 0 spiro atoms. The third-order valence-electron chi connectivity index (χ3n) is 1.46. The third-order valence-corrected chi connectivity index (χ3v) is 2.99. The monoisotopic (exact) mass is 164 g/mol. The minimum atomic E-state index is 0.0851. The summed E-state index contributed by atoms with van der Waals surface area (Å²) >= 11 is 6.05. The summed E-state index contributed by atoms with van der Waals surface area (Å²) in [5.74, 6) is 2.06. The highest BCUT2D eigenvalue weighted by atomic mass is 32.2. The molecule has 1 aliphatic heterocycles. The first-order valence-electron chi connectivity index (χ1n) is 3.16. The first-order valence-corrected chi connectivity index (χ1v) is 4.77. The molecule has 1 rings (SSSR count). The summed E-state index contributed by atoms with van der Waals surface area (Å²) < 4.78 is 5.49. The van der Waals surface area contributed by atoms with Gasteiger partial charge in [-0.3, -0.25) is 0 Å². The summed E-state index contributed by atoms with van der Waals surface area (Å²) in [6, 6.07) is 0. The van der Waals surface area contributed by atoms with Gasteiger partial charge in [0.2, 0.25) is 0 Å². The van der Waals surface area contributed by atoms with E-state index in [1.807, 2.05) is 11.8 Å². The lowest BCUT2D eigenvalue weighted by atomic mass is 10.3. The van der Waals surface area contributed by atoms with E-state index in [9.17, 15) is 0 Å². The van der Waals surface area contributed by atoms with Gasteiger partial charge in [0, 0.05) is 5.75 Å². The highest BCUT2D eigenvalue weighted by molar-refractivity contribution is 8.00. The molecule has 1 atom stereocenters. The fraction of sp³-hybridized carbons (Fsp3) is 1.00. The van der Waals surface area contributed by atoms with E-state index >= 15 is 0 Å². The van der Waals surface area contributed by atoms with Crippen molar-refractivity contribution < 1.29 is 4.74 Å². The minimum Gasteiger partial charge on any atom is -0.364 e. The fourth-order valence-corrected chi connectivity index (χ4v) is 2.49. The highest BCUT2D eigenvalue weighted by Crippen LogP contribution is 2.35. The smallest absolute Gasteiger partial charge is 0.111 e. The summed E-state index contributed by atoms with van der Waals surface area (Å²) in [6.45, 7) is 3.05. The average Bonchev–Trinajstić information content (AvgIpc) is 2.16. The molecule has 0 N–H and O–H groups in total. The largest absolute Gasteiger partial charge is 0.364 e. The molecule has 0 radical (unpaired) electrons. The van der Waals surface area contributed by atoms with Crippen LogP contribution >= 0.6 is 24.4 Å². The summed E-state index contributed by atoms with van der Waals surface area (Å²) in [5, 5.41) is 0. The van der Waals surface area contributed by atoms with E-state index in [1.165, 1.54) is 0 Å². The first kappa shape index (κ1) is 7.76. The zero-order valence-electron chi connectivity index (χ0n) is 5.59. The molecular weight excluding hydrogens is 152 g/mol. The Hall–Kier alpha value is 0.660. The first-order chi connectivity index (χ1) is 4.27. The van der Waals surface area contributed by atoms with Crippen LogP contribution in [-0.2, 0) is 4.74 Å². The van der Waals surface area contributed by atoms with Crippen LogP contribution in [0, 0.1) is 0 Å². The van der Waals surface area contributed by atoms with E-state index in [0.29, 0.717) is 0 Å². The predicted octanol–water partition coefficient (Wildman–Crippen LogP) is 1.79. The Labute approximate surface area is 65.9 Å². The molecule has 0 bridgehead atoms. The molecule has 1 unspecified atom stereocenters. The van der Waals surface area contributed by atoms with E-state index in [0.717, 1.165) is 24.5 Å². The number of hydrogen-bond acceptors (Lipinski definition) is 3. The number of hydrogen-bond donors (Lipinski definition) is 1. The van der Waals surface area contributed by atoms with E-state index < -0.39 is 0 Å². The van der Waals surface area contributed by atoms with Crippen LogP contribution in [0.3, 0.4) is 0 Å². The summed E-state index contributed by atoms with van der Waals surface area (Å²) in [4.78, 5) is 0.0851. The molecular formula is C6H12OS2. The Kier molecular flexibility index (Phi) is 2.73. The number of thioether (sulfide) groups is 1. The minimum absolute atomic E-state index is 0.0851. The number of ether oxygens (including phenoxy) is 1. The van der Waals surface area contributed by atoms with E-state index in [2.05, 4.69) is 19.6 Å². The van der Waals surface area contributed by atoms with E-state index in [4.69, 9.17) is 4.74 Å². The van der Waals surface area contributed by atoms with Crippen molar-refractivity contribution in [2.24, 2.45) is 0 Å². The SMILES string of the molecule is CC1(CCS)OCCS1. The van der Waals surface area contributed by atoms with Crippen molar-refractivity contribution in [1.82, 2.24) is 0 Å². The Balaban J connectivity index is 2.32. The van der Waals surface area contributed by atoms with Gasteiger partial charge < -0.3 is 4.74 Å². The Morgan fingerprint density at radius 1 is 1.78 bits per heavy atom. The number of rotatable bonds is 2. The quantitative estimate of drug-likeness (QED) is 0.623. The van der Waals surface area contributed by atoms with Crippen molar-refractivity contribution in [3.05, 3.63) is 0 Å². The van der Waals surface area contributed by atoms with Crippen LogP contribution in [0.5, 0.6) is 0 Å². The standard InChI is InChI=1S/C6H12OS2/c1-6(2-4-8)7-3-5-9-6/h8H,2-5H2,1H3. The Morgan fingerprint density at radius 3 is 3.00 bits per heavy atom. The van der Waals surface area contributed by atoms with Crippen molar-refractivity contribution in [1.29, 1.82) is 0 Å². The second-order valence-electron chi connectivity index (χ2n) is 2.30. The van der Waals surface area contributed by atoms with Crippen molar-refractivity contribution in [2.75, 3.05) is 18.1 Å². The van der Waals surface area contributed by atoms with Crippen LogP contribution in [0.4, 0.5) is 0 Å².